The lowest BCUT2D eigenvalue weighted by Crippen LogP contribution is -2.24. The van der Waals surface area contributed by atoms with Crippen LogP contribution >= 0.6 is 11.6 Å². The zero-order valence-corrected chi connectivity index (χ0v) is 10.9. The van der Waals surface area contributed by atoms with E-state index in [2.05, 4.69) is 5.32 Å². The third-order valence-corrected chi connectivity index (χ3v) is 3.41. The first-order valence-electron chi connectivity index (χ1n) is 6.00. The first-order chi connectivity index (χ1) is 8.99. The van der Waals surface area contributed by atoms with Crippen molar-refractivity contribution < 1.29 is 9.72 Å². The fourth-order valence-electron chi connectivity index (χ4n) is 1.78. The van der Waals surface area contributed by atoms with Gasteiger partial charge in [0.2, 0.25) is 0 Å². The van der Waals surface area contributed by atoms with Gasteiger partial charge in [-0.1, -0.05) is 24.4 Å². The van der Waals surface area contributed by atoms with Gasteiger partial charge in [-0.25, -0.2) is 0 Å². The number of rotatable bonds is 5. The van der Waals surface area contributed by atoms with Gasteiger partial charge in [0.15, 0.2) is 0 Å². The number of nitrogens with zero attached hydrogens (tertiary/aromatic N) is 1. The van der Waals surface area contributed by atoms with Crippen LogP contribution in [0.4, 0.5) is 11.4 Å². The molecule has 0 radical (unpaired) electrons. The van der Waals surface area contributed by atoms with Gasteiger partial charge in [0.1, 0.15) is 5.69 Å². The van der Waals surface area contributed by atoms with Crippen LogP contribution in [0.5, 0.6) is 0 Å². The number of nitrogens with one attached hydrogen (secondary N) is 1. The number of carbonyl (C=O) groups excluding carboxylic acids is 1. The highest BCUT2D eigenvalue weighted by atomic mass is 35.5. The summed E-state index contributed by atoms with van der Waals surface area (Å²) < 4.78 is 0. The standard InChI is InChI=1S/C12H14ClN3O3/c13-9-5-8(6-10(11(9)14)16(18)19)12(17)15-4-3-7-1-2-7/h5-7H,1-4,14H2,(H,15,17). The molecule has 0 aromatic heterocycles. The normalized spacial score (nSPS) is 14.2. The van der Waals surface area contributed by atoms with E-state index in [1.54, 1.807) is 0 Å². The third kappa shape index (κ3) is 3.35. The Bertz CT molecular complexity index is 529. The van der Waals surface area contributed by atoms with Crippen LogP contribution in [0.25, 0.3) is 0 Å². The second-order valence-electron chi connectivity index (χ2n) is 4.64. The summed E-state index contributed by atoms with van der Waals surface area (Å²) in [5.41, 5.74) is 5.18. The molecule has 2 rings (SSSR count). The lowest BCUT2D eigenvalue weighted by atomic mass is 10.1. The highest BCUT2D eigenvalue weighted by Gasteiger charge is 2.22. The third-order valence-electron chi connectivity index (χ3n) is 3.10. The molecule has 1 saturated carbocycles. The van der Waals surface area contributed by atoms with Crippen molar-refractivity contribution in [2.45, 2.75) is 19.3 Å². The molecular weight excluding hydrogens is 270 g/mol. The minimum atomic E-state index is -0.651. The Balaban J connectivity index is 2.09. The second-order valence-corrected chi connectivity index (χ2v) is 5.04. The molecule has 0 atom stereocenters. The van der Waals surface area contributed by atoms with Gasteiger partial charge in [-0.2, -0.15) is 0 Å². The van der Waals surface area contributed by atoms with Crippen molar-refractivity contribution in [3.05, 3.63) is 32.8 Å². The minimum Gasteiger partial charge on any atom is -0.392 e. The lowest BCUT2D eigenvalue weighted by Gasteiger charge is -2.06. The maximum atomic E-state index is 11.9. The monoisotopic (exact) mass is 283 g/mol. The molecule has 7 heteroatoms. The topological polar surface area (TPSA) is 98.3 Å². The molecule has 1 aromatic rings. The number of nitro groups is 1. The maximum Gasteiger partial charge on any atom is 0.294 e. The molecule has 1 amide bonds. The van der Waals surface area contributed by atoms with E-state index in [1.165, 1.54) is 18.9 Å². The predicted molar refractivity (Wildman–Crippen MR) is 72.2 cm³/mol. The summed E-state index contributed by atoms with van der Waals surface area (Å²) in [6, 6.07) is 2.49. The number of nitrogen functional groups attached to an aromatic ring is 1. The van der Waals surface area contributed by atoms with Crippen molar-refractivity contribution >= 4 is 28.9 Å². The van der Waals surface area contributed by atoms with Crippen LogP contribution in [-0.4, -0.2) is 17.4 Å². The SMILES string of the molecule is Nc1c(Cl)cc(C(=O)NCCC2CC2)cc1[N+](=O)[O-]. The molecule has 0 bridgehead atoms. The molecule has 3 N–H and O–H groups in total. The first-order valence-corrected chi connectivity index (χ1v) is 6.38. The van der Waals surface area contributed by atoms with Crippen LogP contribution in [0.15, 0.2) is 12.1 Å². The van der Waals surface area contributed by atoms with Crippen molar-refractivity contribution in [1.29, 1.82) is 0 Å². The first kappa shape index (κ1) is 13.6. The summed E-state index contributed by atoms with van der Waals surface area (Å²) in [7, 11) is 0. The molecule has 6 nitrogen and oxygen atoms in total. The number of amides is 1. The van der Waals surface area contributed by atoms with Gasteiger partial charge in [0, 0.05) is 18.2 Å². The number of hydrogen-bond acceptors (Lipinski definition) is 4. The average molecular weight is 284 g/mol. The van der Waals surface area contributed by atoms with E-state index < -0.39 is 4.92 Å². The number of carbonyl (C=O) groups is 1. The number of nitrogens with two attached hydrogens (primary N) is 1. The van der Waals surface area contributed by atoms with Crippen LogP contribution in [0.2, 0.25) is 5.02 Å². The van der Waals surface area contributed by atoms with Gasteiger partial charge in [0.25, 0.3) is 11.6 Å². The molecule has 1 fully saturated rings. The van der Waals surface area contributed by atoms with Gasteiger partial charge >= 0.3 is 0 Å². The van der Waals surface area contributed by atoms with Crippen molar-refractivity contribution in [3.8, 4) is 0 Å². The average Bonchev–Trinajstić information content (AvgIpc) is 3.15. The number of benzene rings is 1. The Kier molecular flexibility index (Phi) is 3.90. The van der Waals surface area contributed by atoms with Crippen molar-refractivity contribution in [2.75, 3.05) is 12.3 Å². The van der Waals surface area contributed by atoms with E-state index in [-0.39, 0.29) is 27.9 Å². The van der Waals surface area contributed by atoms with Gasteiger partial charge in [-0.05, 0) is 18.4 Å². The Morgan fingerprint density at radius 1 is 1.53 bits per heavy atom. The van der Waals surface area contributed by atoms with Gasteiger partial charge in [0.05, 0.1) is 9.95 Å². The van der Waals surface area contributed by atoms with Crippen molar-refractivity contribution in [3.63, 3.8) is 0 Å². The van der Waals surface area contributed by atoms with E-state index >= 15 is 0 Å². The molecule has 1 aromatic carbocycles. The number of hydrogen-bond donors (Lipinski definition) is 2. The molecule has 1 aliphatic rings. The number of halogens is 1. The predicted octanol–water partition coefficient (Wildman–Crippen LogP) is 2.36. The highest BCUT2D eigenvalue weighted by Crippen LogP contribution is 2.32. The van der Waals surface area contributed by atoms with Crippen LogP contribution in [0, 0.1) is 16.0 Å². The van der Waals surface area contributed by atoms with E-state index in [9.17, 15) is 14.9 Å². The molecular formula is C12H14ClN3O3. The summed E-state index contributed by atoms with van der Waals surface area (Å²) in [6.07, 6.45) is 3.38. The smallest absolute Gasteiger partial charge is 0.294 e. The quantitative estimate of drug-likeness (QED) is 0.492. The zero-order valence-electron chi connectivity index (χ0n) is 10.2. The maximum absolute atomic E-state index is 11.9. The molecule has 0 unspecified atom stereocenters. The van der Waals surface area contributed by atoms with Crippen LogP contribution in [0.1, 0.15) is 29.6 Å². The Hall–Kier alpha value is -1.82. The Morgan fingerprint density at radius 3 is 2.79 bits per heavy atom. The zero-order chi connectivity index (χ0) is 14.0. The van der Waals surface area contributed by atoms with Gasteiger partial charge in [-0.15, -0.1) is 0 Å². The summed E-state index contributed by atoms with van der Waals surface area (Å²) in [6.45, 7) is 0.569. The lowest BCUT2D eigenvalue weighted by molar-refractivity contribution is -0.383. The Morgan fingerprint density at radius 2 is 2.21 bits per heavy atom. The molecule has 0 aliphatic heterocycles. The van der Waals surface area contributed by atoms with Crippen molar-refractivity contribution in [2.24, 2.45) is 5.92 Å². The number of anilines is 1. The minimum absolute atomic E-state index is 0.0153. The van der Waals surface area contributed by atoms with Crippen LogP contribution in [-0.2, 0) is 0 Å². The van der Waals surface area contributed by atoms with E-state index in [1.807, 2.05) is 0 Å². The van der Waals surface area contributed by atoms with E-state index in [4.69, 9.17) is 17.3 Å². The second kappa shape index (κ2) is 5.44. The molecule has 1 aliphatic carbocycles. The molecule has 102 valence electrons. The van der Waals surface area contributed by atoms with E-state index in [0.717, 1.165) is 12.5 Å². The summed E-state index contributed by atoms with van der Waals surface area (Å²) >= 11 is 5.79. The van der Waals surface area contributed by atoms with Crippen molar-refractivity contribution in [1.82, 2.24) is 5.32 Å². The molecule has 19 heavy (non-hydrogen) atoms. The van der Waals surface area contributed by atoms with E-state index in [0.29, 0.717) is 12.5 Å². The Labute approximate surface area is 115 Å². The highest BCUT2D eigenvalue weighted by molar-refractivity contribution is 6.34. The summed E-state index contributed by atoms with van der Waals surface area (Å²) in [4.78, 5) is 22.0. The molecule has 0 saturated heterocycles. The molecule has 0 heterocycles. The summed E-state index contributed by atoms with van der Waals surface area (Å²) in [5.74, 6) is 0.343. The van der Waals surface area contributed by atoms with Crippen LogP contribution in [0.3, 0.4) is 0 Å². The van der Waals surface area contributed by atoms with Gasteiger partial charge in [-0.3, -0.25) is 14.9 Å². The molecule has 0 spiro atoms. The van der Waals surface area contributed by atoms with Crippen LogP contribution < -0.4 is 11.1 Å². The largest absolute Gasteiger partial charge is 0.392 e. The summed E-state index contributed by atoms with van der Waals surface area (Å²) in [5, 5.41) is 13.5. The van der Waals surface area contributed by atoms with Gasteiger partial charge < -0.3 is 11.1 Å². The number of nitro benzene ring substituents is 1. The fraction of sp³-hybridized carbons (Fsp3) is 0.417. The fourth-order valence-corrected chi connectivity index (χ4v) is 2.00.